The summed E-state index contributed by atoms with van der Waals surface area (Å²) in [6.45, 7) is 1.39. The minimum absolute atomic E-state index is 0.112. The molecule has 1 aromatic rings. The van der Waals surface area contributed by atoms with Crippen LogP contribution in [-0.4, -0.2) is 37.5 Å². The molecule has 106 valence electrons. The third-order valence-corrected chi connectivity index (χ3v) is 3.09. The molecular weight excluding hydrogens is 285 g/mol. The van der Waals surface area contributed by atoms with Gasteiger partial charge in [0.25, 0.3) is 0 Å². The van der Waals surface area contributed by atoms with Gasteiger partial charge in [0.1, 0.15) is 10.9 Å². The Labute approximate surface area is 110 Å². The number of hydrogen-bond acceptors (Lipinski definition) is 5. The van der Waals surface area contributed by atoms with E-state index in [4.69, 9.17) is 10.2 Å². The maximum atomic E-state index is 12.4. The number of thioether (sulfide) groups is 1. The van der Waals surface area contributed by atoms with Gasteiger partial charge in [0.05, 0.1) is 6.10 Å². The zero-order chi connectivity index (χ0) is 14.6. The average Bonchev–Trinajstić information content (AvgIpc) is 2.26. The first kappa shape index (κ1) is 15.7. The van der Waals surface area contributed by atoms with Crippen LogP contribution >= 0.6 is 11.8 Å². The highest BCUT2D eigenvalue weighted by Gasteiger charge is 2.33. The van der Waals surface area contributed by atoms with Crippen molar-refractivity contribution in [2.24, 2.45) is 0 Å². The monoisotopic (exact) mass is 296 g/mol. The number of nitrogens with zero attached hydrogens (tertiary/aromatic N) is 2. The van der Waals surface area contributed by atoms with Gasteiger partial charge in [-0.3, -0.25) is 4.79 Å². The van der Waals surface area contributed by atoms with E-state index in [0.29, 0.717) is 17.8 Å². The molecule has 1 rings (SSSR count). The number of hydrogen-bond donors (Lipinski definition) is 2. The Kier molecular flexibility index (Phi) is 5.12. The fourth-order valence-corrected chi connectivity index (χ4v) is 2.19. The lowest BCUT2D eigenvalue weighted by atomic mass is 10.2. The lowest BCUT2D eigenvalue weighted by molar-refractivity contribution is -0.141. The molecule has 0 saturated carbocycles. The first-order valence-electron chi connectivity index (χ1n) is 5.18. The lowest BCUT2D eigenvalue weighted by Gasteiger charge is -2.13. The van der Waals surface area contributed by atoms with Crippen molar-refractivity contribution in [1.82, 2.24) is 9.97 Å². The zero-order valence-corrected chi connectivity index (χ0v) is 10.6. The minimum atomic E-state index is -4.61. The molecule has 2 atom stereocenters. The molecule has 0 aliphatic rings. The van der Waals surface area contributed by atoms with E-state index in [9.17, 15) is 18.0 Å². The molecule has 0 radical (unpaired) electrons. The number of aliphatic carboxylic acids is 1. The smallest absolute Gasteiger partial charge is 0.433 e. The summed E-state index contributed by atoms with van der Waals surface area (Å²) in [7, 11) is 0. The van der Waals surface area contributed by atoms with Crippen LogP contribution in [0.1, 0.15) is 19.0 Å². The average molecular weight is 296 g/mol. The van der Waals surface area contributed by atoms with Gasteiger partial charge in [-0.25, -0.2) is 9.97 Å². The highest BCUT2D eigenvalue weighted by molar-refractivity contribution is 8.00. The van der Waals surface area contributed by atoms with Crippen molar-refractivity contribution >= 4 is 17.7 Å². The fourth-order valence-electron chi connectivity index (χ4n) is 1.19. The van der Waals surface area contributed by atoms with Gasteiger partial charge in [-0.2, -0.15) is 13.2 Å². The van der Waals surface area contributed by atoms with E-state index < -0.39 is 29.2 Å². The number of halogens is 3. The molecule has 0 spiro atoms. The molecule has 0 fully saturated rings. The third-order valence-electron chi connectivity index (χ3n) is 2.00. The summed E-state index contributed by atoms with van der Waals surface area (Å²) in [4.78, 5) is 17.8. The van der Waals surface area contributed by atoms with Crippen LogP contribution in [0.3, 0.4) is 0 Å². The Morgan fingerprint density at radius 2 is 2.16 bits per heavy atom. The summed E-state index contributed by atoms with van der Waals surface area (Å²) in [6.07, 6.45) is -4.69. The molecule has 19 heavy (non-hydrogen) atoms. The minimum Gasteiger partial charge on any atom is -0.480 e. The Morgan fingerprint density at radius 1 is 1.53 bits per heavy atom. The van der Waals surface area contributed by atoms with Crippen LogP contribution in [0.5, 0.6) is 0 Å². The molecule has 9 heteroatoms. The Morgan fingerprint density at radius 3 is 2.63 bits per heavy atom. The molecule has 0 amide bonds. The van der Waals surface area contributed by atoms with Crippen LogP contribution in [-0.2, 0) is 11.0 Å². The van der Waals surface area contributed by atoms with Crippen LogP contribution in [0.25, 0.3) is 0 Å². The molecule has 1 heterocycles. The van der Waals surface area contributed by atoms with Crippen molar-refractivity contribution in [3.8, 4) is 0 Å². The highest BCUT2D eigenvalue weighted by atomic mass is 32.2. The second-order valence-electron chi connectivity index (χ2n) is 3.75. The maximum absolute atomic E-state index is 12.4. The van der Waals surface area contributed by atoms with E-state index in [1.165, 1.54) is 6.92 Å². The number of carboxylic acids is 1. The molecule has 0 aromatic carbocycles. The van der Waals surface area contributed by atoms with Crippen molar-refractivity contribution in [3.05, 3.63) is 18.0 Å². The fraction of sp³-hybridized carbons (Fsp3) is 0.500. The normalized spacial score (nSPS) is 15.0. The van der Waals surface area contributed by atoms with E-state index in [-0.39, 0.29) is 11.6 Å². The second kappa shape index (κ2) is 6.20. The van der Waals surface area contributed by atoms with Crippen molar-refractivity contribution in [2.75, 3.05) is 0 Å². The SMILES string of the molecule is CC(O)CC(Sc1nccc(C(F)(F)F)n1)C(=O)O. The van der Waals surface area contributed by atoms with Gasteiger partial charge < -0.3 is 10.2 Å². The third kappa shape index (κ3) is 5.03. The van der Waals surface area contributed by atoms with Gasteiger partial charge in [-0.05, 0) is 19.4 Å². The predicted octanol–water partition coefficient (Wildman–Crippen LogP) is 1.81. The number of aromatic nitrogens is 2. The van der Waals surface area contributed by atoms with Crippen LogP contribution in [0, 0.1) is 0 Å². The van der Waals surface area contributed by atoms with Crippen molar-refractivity contribution < 1.29 is 28.2 Å². The summed E-state index contributed by atoms with van der Waals surface area (Å²) >= 11 is 0.574. The molecule has 0 bridgehead atoms. The number of aliphatic hydroxyl groups is 1. The van der Waals surface area contributed by atoms with E-state index >= 15 is 0 Å². The molecule has 0 aliphatic carbocycles. The van der Waals surface area contributed by atoms with E-state index in [2.05, 4.69) is 9.97 Å². The predicted molar refractivity (Wildman–Crippen MR) is 60.6 cm³/mol. The number of carbonyl (C=O) groups is 1. The molecule has 5 nitrogen and oxygen atoms in total. The summed E-state index contributed by atoms with van der Waals surface area (Å²) in [5.41, 5.74) is -1.13. The molecule has 0 aliphatic heterocycles. The van der Waals surface area contributed by atoms with Crippen LogP contribution < -0.4 is 0 Å². The Hall–Kier alpha value is -1.35. The standard InChI is InChI=1S/C10H11F3N2O3S/c1-5(16)4-6(8(17)18)19-9-14-3-2-7(15-9)10(11,12)13/h2-3,5-6,16H,4H2,1H3,(H,17,18). The largest absolute Gasteiger partial charge is 0.480 e. The van der Waals surface area contributed by atoms with Gasteiger partial charge in [0.15, 0.2) is 5.16 Å². The number of aliphatic hydroxyl groups excluding tert-OH is 1. The number of rotatable bonds is 5. The number of alkyl halides is 3. The van der Waals surface area contributed by atoms with Crippen LogP contribution in [0.4, 0.5) is 13.2 Å². The topological polar surface area (TPSA) is 83.3 Å². The first-order chi connectivity index (χ1) is 8.70. The van der Waals surface area contributed by atoms with Crippen molar-refractivity contribution in [3.63, 3.8) is 0 Å². The molecule has 2 N–H and O–H groups in total. The Bertz CT molecular complexity index is 454. The lowest BCUT2D eigenvalue weighted by Crippen LogP contribution is -2.22. The quantitative estimate of drug-likeness (QED) is 0.637. The van der Waals surface area contributed by atoms with E-state index in [1.54, 1.807) is 0 Å². The van der Waals surface area contributed by atoms with Crippen LogP contribution in [0.2, 0.25) is 0 Å². The van der Waals surface area contributed by atoms with E-state index in [1.807, 2.05) is 0 Å². The summed E-state index contributed by atoms with van der Waals surface area (Å²) < 4.78 is 37.3. The zero-order valence-electron chi connectivity index (χ0n) is 9.76. The summed E-state index contributed by atoms with van der Waals surface area (Å²) in [6, 6.07) is 0.703. The highest BCUT2D eigenvalue weighted by Crippen LogP contribution is 2.30. The van der Waals surface area contributed by atoms with Gasteiger partial charge in [-0.15, -0.1) is 0 Å². The Balaban J connectivity index is 2.88. The van der Waals surface area contributed by atoms with Crippen molar-refractivity contribution in [2.45, 2.75) is 36.0 Å². The van der Waals surface area contributed by atoms with Gasteiger partial charge in [0.2, 0.25) is 0 Å². The second-order valence-corrected chi connectivity index (χ2v) is 4.92. The summed E-state index contributed by atoms with van der Waals surface area (Å²) in [5, 5.41) is 16.6. The van der Waals surface area contributed by atoms with Gasteiger partial charge in [0, 0.05) is 6.20 Å². The molecular formula is C10H11F3N2O3S. The maximum Gasteiger partial charge on any atom is 0.433 e. The van der Waals surface area contributed by atoms with Crippen LogP contribution in [0.15, 0.2) is 17.4 Å². The molecule has 0 saturated heterocycles. The summed E-state index contributed by atoms with van der Waals surface area (Å²) in [5.74, 6) is -1.24. The first-order valence-corrected chi connectivity index (χ1v) is 6.06. The molecule has 2 unspecified atom stereocenters. The van der Waals surface area contributed by atoms with E-state index in [0.717, 1.165) is 6.20 Å². The molecule has 1 aromatic heterocycles. The van der Waals surface area contributed by atoms with Crippen molar-refractivity contribution in [1.29, 1.82) is 0 Å². The van der Waals surface area contributed by atoms with Gasteiger partial charge in [-0.1, -0.05) is 11.8 Å². The van der Waals surface area contributed by atoms with Gasteiger partial charge >= 0.3 is 12.1 Å². The number of carboxylic acid groups (broad SMARTS) is 1.